The molecular formula is C13H15BrCl2O3. The van der Waals surface area contributed by atoms with Gasteiger partial charge >= 0.3 is 0 Å². The summed E-state index contributed by atoms with van der Waals surface area (Å²) >= 11 is 15.4. The highest BCUT2D eigenvalue weighted by Crippen LogP contribution is 2.35. The molecule has 0 heterocycles. The molecule has 1 fully saturated rings. The van der Waals surface area contributed by atoms with Gasteiger partial charge in [-0.2, -0.15) is 0 Å². The fourth-order valence-electron chi connectivity index (χ4n) is 1.85. The van der Waals surface area contributed by atoms with E-state index < -0.39 is 0 Å². The maximum absolute atomic E-state index is 5.96. The van der Waals surface area contributed by atoms with E-state index in [1.54, 1.807) is 19.2 Å². The Morgan fingerprint density at radius 2 is 2.05 bits per heavy atom. The molecule has 0 saturated heterocycles. The first-order valence-electron chi connectivity index (χ1n) is 5.98. The van der Waals surface area contributed by atoms with Gasteiger partial charge in [0.1, 0.15) is 18.0 Å². The molecule has 3 unspecified atom stereocenters. The lowest BCUT2D eigenvalue weighted by atomic mass is 9.91. The predicted octanol–water partition coefficient (Wildman–Crippen LogP) is 3.94. The number of rotatable bonds is 6. The summed E-state index contributed by atoms with van der Waals surface area (Å²) in [5.74, 6) is 0.708. The number of halogens is 3. The lowest BCUT2D eigenvalue weighted by Gasteiger charge is -2.40. The molecule has 0 spiro atoms. The van der Waals surface area contributed by atoms with Crippen LogP contribution in [0.15, 0.2) is 18.2 Å². The average Bonchev–Trinajstić information content (AvgIpc) is 2.38. The summed E-state index contributed by atoms with van der Waals surface area (Å²) in [6.07, 6.45) is 0.959. The lowest BCUT2D eigenvalue weighted by Crippen LogP contribution is -2.52. The van der Waals surface area contributed by atoms with Crippen molar-refractivity contribution in [1.82, 2.24) is 0 Å². The Morgan fingerprint density at radius 1 is 1.26 bits per heavy atom. The Kier molecular flexibility index (Phi) is 5.78. The van der Waals surface area contributed by atoms with E-state index in [1.165, 1.54) is 0 Å². The van der Waals surface area contributed by atoms with Crippen LogP contribution in [0.2, 0.25) is 10.0 Å². The number of ether oxygens (including phenoxy) is 3. The Labute approximate surface area is 131 Å². The zero-order valence-corrected chi connectivity index (χ0v) is 13.5. The standard InChI is InChI=1S/C13H15BrCl2O3/c1-17-4-5-18-13-9(14)7-12(13)19-8-2-3-10(15)11(16)6-8/h2-3,6,9,12-13H,4-5,7H2,1H3. The highest BCUT2D eigenvalue weighted by atomic mass is 79.9. The van der Waals surface area contributed by atoms with Crippen LogP contribution in [0.3, 0.4) is 0 Å². The van der Waals surface area contributed by atoms with Gasteiger partial charge in [-0.05, 0) is 12.1 Å². The third-order valence-electron chi connectivity index (χ3n) is 2.96. The molecule has 3 nitrogen and oxygen atoms in total. The van der Waals surface area contributed by atoms with Gasteiger partial charge in [0.2, 0.25) is 0 Å². The Hall–Kier alpha value is -0.000000000000000111. The Balaban J connectivity index is 1.89. The van der Waals surface area contributed by atoms with Crippen molar-refractivity contribution in [2.45, 2.75) is 23.5 Å². The first-order chi connectivity index (χ1) is 9.11. The van der Waals surface area contributed by atoms with Crippen molar-refractivity contribution in [2.24, 2.45) is 0 Å². The van der Waals surface area contributed by atoms with E-state index in [2.05, 4.69) is 15.9 Å². The molecule has 1 aromatic rings. The average molecular weight is 370 g/mol. The minimum absolute atomic E-state index is 0.0264. The van der Waals surface area contributed by atoms with Crippen LogP contribution >= 0.6 is 39.1 Å². The second-order valence-corrected chi connectivity index (χ2v) is 6.30. The molecule has 1 saturated carbocycles. The second kappa shape index (κ2) is 7.14. The van der Waals surface area contributed by atoms with Crippen LogP contribution in [0.1, 0.15) is 6.42 Å². The van der Waals surface area contributed by atoms with E-state index in [0.717, 1.165) is 6.42 Å². The predicted molar refractivity (Wildman–Crippen MR) is 79.8 cm³/mol. The Bertz CT molecular complexity index is 430. The van der Waals surface area contributed by atoms with Crippen molar-refractivity contribution in [3.05, 3.63) is 28.2 Å². The number of alkyl halides is 1. The van der Waals surface area contributed by atoms with Gasteiger partial charge in [0, 0.05) is 24.4 Å². The summed E-state index contributed by atoms with van der Waals surface area (Å²) in [5.41, 5.74) is 0. The zero-order chi connectivity index (χ0) is 13.8. The summed E-state index contributed by atoms with van der Waals surface area (Å²) < 4.78 is 16.5. The third-order valence-corrected chi connectivity index (χ3v) is 4.59. The summed E-state index contributed by atoms with van der Waals surface area (Å²) in [6, 6.07) is 5.25. The van der Waals surface area contributed by atoms with Crippen molar-refractivity contribution in [1.29, 1.82) is 0 Å². The van der Waals surface area contributed by atoms with Gasteiger partial charge in [0.05, 0.1) is 23.3 Å². The van der Waals surface area contributed by atoms with Crippen molar-refractivity contribution in [2.75, 3.05) is 20.3 Å². The number of hydrogen-bond acceptors (Lipinski definition) is 3. The van der Waals surface area contributed by atoms with Crippen molar-refractivity contribution in [3.63, 3.8) is 0 Å². The topological polar surface area (TPSA) is 27.7 Å². The molecule has 0 aliphatic heterocycles. The van der Waals surface area contributed by atoms with Gasteiger partial charge in [0.25, 0.3) is 0 Å². The molecule has 19 heavy (non-hydrogen) atoms. The van der Waals surface area contributed by atoms with E-state index in [4.69, 9.17) is 37.4 Å². The first kappa shape index (κ1) is 15.4. The monoisotopic (exact) mass is 368 g/mol. The number of hydrogen-bond donors (Lipinski definition) is 0. The van der Waals surface area contributed by atoms with E-state index in [0.29, 0.717) is 33.8 Å². The maximum atomic E-state index is 5.96. The van der Waals surface area contributed by atoms with Crippen molar-refractivity contribution < 1.29 is 14.2 Å². The minimum Gasteiger partial charge on any atom is -0.488 e. The van der Waals surface area contributed by atoms with Gasteiger partial charge in [0.15, 0.2) is 0 Å². The maximum Gasteiger partial charge on any atom is 0.127 e. The molecule has 0 N–H and O–H groups in total. The molecule has 1 aliphatic carbocycles. The molecule has 0 radical (unpaired) electrons. The van der Waals surface area contributed by atoms with Gasteiger partial charge in [-0.25, -0.2) is 0 Å². The van der Waals surface area contributed by atoms with Crippen LogP contribution in [-0.2, 0) is 9.47 Å². The minimum atomic E-state index is 0.0264. The largest absolute Gasteiger partial charge is 0.488 e. The van der Waals surface area contributed by atoms with E-state index in [1.807, 2.05) is 6.07 Å². The first-order valence-corrected chi connectivity index (χ1v) is 7.65. The fraction of sp³-hybridized carbons (Fsp3) is 0.538. The fourth-order valence-corrected chi connectivity index (χ4v) is 3.00. The third kappa shape index (κ3) is 3.99. The van der Waals surface area contributed by atoms with Crippen molar-refractivity contribution >= 4 is 39.1 Å². The smallest absolute Gasteiger partial charge is 0.127 e. The summed E-state index contributed by atoms with van der Waals surface area (Å²) in [6.45, 7) is 1.14. The quantitative estimate of drug-likeness (QED) is 0.561. The normalized spacial score (nSPS) is 26.0. The summed E-state index contributed by atoms with van der Waals surface area (Å²) in [5, 5.41) is 1.01. The highest BCUT2D eigenvalue weighted by molar-refractivity contribution is 9.09. The number of methoxy groups -OCH3 is 1. The van der Waals surface area contributed by atoms with E-state index in [-0.39, 0.29) is 12.2 Å². The van der Waals surface area contributed by atoms with Gasteiger partial charge in [-0.3, -0.25) is 0 Å². The van der Waals surface area contributed by atoms with Crippen LogP contribution in [-0.4, -0.2) is 37.4 Å². The lowest BCUT2D eigenvalue weighted by molar-refractivity contribution is -0.0865. The SMILES string of the molecule is COCCOC1C(Br)CC1Oc1ccc(Cl)c(Cl)c1. The molecule has 106 valence electrons. The molecular weight excluding hydrogens is 355 g/mol. The molecule has 2 rings (SSSR count). The molecule has 0 bridgehead atoms. The van der Waals surface area contributed by atoms with Gasteiger partial charge in [-0.15, -0.1) is 0 Å². The van der Waals surface area contributed by atoms with Crippen LogP contribution in [0.5, 0.6) is 5.75 Å². The Morgan fingerprint density at radius 3 is 2.68 bits per heavy atom. The van der Waals surface area contributed by atoms with Crippen molar-refractivity contribution in [3.8, 4) is 5.75 Å². The van der Waals surface area contributed by atoms with Gasteiger partial charge < -0.3 is 14.2 Å². The molecule has 0 aromatic heterocycles. The van der Waals surface area contributed by atoms with Crippen LogP contribution in [0.25, 0.3) is 0 Å². The second-order valence-electron chi connectivity index (χ2n) is 4.31. The summed E-state index contributed by atoms with van der Waals surface area (Å²) in [4.78, 5) is 0.317. The molecule has 6 heteroatoms. The summed E-state index contributed by atoms with van der Waals surface area (Å²) in [7, 11) is 1.65. The van der Waals surface area contributed by atoms with E-state index >= 15 is 0 Å². The van der Waals surface area contributed by atoms with Gasteiger partial charge in [-0.1, -0.05) is 39.1 Å². The van der Waals surface area contributed by atoms with Crippen LogP contribution in [0.4, 0.5) is 0 Å². The van der Waals surface area contributed by atoms with Crippen LogP contribution < -0.4 is 4.74 Å². The zero-order valence-electron chi connectivity index (χ0n) is 10.4. The number of benzene rings is 1. The molecule has 1 aromatic carbocycles. The molecule has 3 atom stereocenters. The highest BCUT2D eigenvalue weighted by Gasteiger charge is 2.42. The van der Waals surface area contributed by atoms with Crippen LogP contribution in [0, 0.1) is 0 Å². The van der Waals surface area contributed by atoms with E-state index in [9.17, 15) is 0 Å². The molecule has 1 aliphatic rings. The molecule has 0 amide bonds.